The molecule has 0 amide bonds. The number of carbonyl (C=O) groups excluding carboxylic acids is 1. The van der Waals surface area contributed by atoms with E-state index in [0.717, 1.165) is 0 Å². The van der Waals surface area contributed by atoms with Gasteiger partial charge in [-0.15, -0.1) is 0 Å². The summed E-state index contributed by atoms with van der Waals surface area (Å²) in [6.45, 7) is 5.92. The summed E-state index contributed by atoms with van der Waals surface area (Å²) in [4.78, 5) is 20.7. The molecule has 0 rings (SSSR count). The number of rotatable bonds is 3. The zero-order chi connectivity index (χ0) is 9.07. The van der Waals surface area contributed by atoms with Crippen LogP contribution in [0.1, 0.15) is 35.0 Å². The summed E-state index contributed by atoms with van der Waals surface area (Å²) in [6, 6.07) is 0. The van der Waals surface area contributed by atoms with Crippen LogP contribution in [0.4, 0.5) is 0 Å². The molecule has 0 atom stereocenters. The number of ketones is 1. The van der Waals surface area contributed by atoms with Gasteiger partial charge in [-0.1, -0.05) is 20.8 Å². The Morgan fingerprint density at radius 3 is 2.00 bits per heavy atom. The van der Waals surface area contributed by atoms with Gasteiger partial charge in [0.05, 0.1) is 0 Å². The third-order valence-electron chi connectivity index (χ3n) is 1.34. The average molecular weight is 182 g/mol. The van der Waals surface area contributed by atoms with Gasteiger partial charge in [0.1, 0.15) is 0 Å². The molecule has 0 heterocycles. The van der Waals surface area contributed by atoms with Gasteiger partial charge < -0.3 is 6.53 Å². The standard InChI is InChI=1S/C8H14O3.Na.H/c1-8(2,3)5-4-6(9)7(10)11;;/h4-5H2,1-3H3,(H,10,11);;/q;+1;-1. The fraction of sp³-hybridized carbons (Fsp3) is 0.750. The Labute approximate surface area is 96.3 Å². The minimum Gasteiger partial charge on any atom is -1.00 e. The fourth-order valence-corrected chi connectivity index (χ4v) is 0.595. The van der Waals surface area contributed by atoms with Crippen LogP contribution in [0.25, 0.3) is 0 Å². The van der Waals surface area contributed by atoms with Crippen molar-refractivity contribution in [3.63, 3.8) is 0 Å². The molecule has 0 bridgehead atoms. The van der Waals surface area contributed by atoms with Crippen molar-refractivity contribution in [3.05, 3.63) is 0 Å². The molecule has 0 aromatic heterocycles. The third kappa shape index (κ3) is 8.24. The van der Waals surface area contributed by atoms with Crippen molar-refractivity contribution in [1.29, 1.82) is 0 Å². The number of carboxylic acids is 1. The molecule has 0 saturated heterocycles. The van der Waals surface area contributed by atoms with Crippen LogP contribution in [0.15, 0.2) is 0 Å². The van der Waals surface area contributed by atoms with Gasteiger partial charge in [0.25, 0.3) is 0 Å². The van der Waals surface area contributed by atoms with E-state index in [1.54, 1.807) is 0 Å². The van der Waals surface area contributed by atoms with E-state index >= 15 is 0 Å². The van der Waals surface area contributed by atoms with E-state index in [0.29, 0.717) is 6.42 Å². The maximum absolute atomic E-state index is 10.6. The molecule has 0 aromatic rings. The SMILES string of the molecule is CC(C)(C)CCC(=O)C(=O)O.[H-].[Na+]. The summed E-state index contributed by atoms with van der Waals surface area (Å²) in [7, 11) is 0. The molecule has 0 spiro atoms. The largest absolute Gasteiger partial charge is 1.00 e. The molecule has 66 valence electrons. The van der Waals surface area contributed by atoms with Gasteiger partial charge in [-0.05, 0) is 11.8 Å². The number of carboxylic acid groups (broad SMARTS) is 1. The molecular weight excluding hydrogens is 167 g/mol. The van der Waals surface area contributed by atoms with E-state index in [4.69, 9.17) is 5.11 Å². The molecule has 12 heavy (non-hydrogen) atoms. The number of hydrogen-bond donors (Lipinski definition) is 1. The molecule has 0 radical (unpaired) electrons. The summed E-state index contributed by atoms with van der Waals surface area (Å²) in [5.41, 5.74) is 0.0328. The Kier molecular flexibility index (Phi) is 7.00. The molecule has 0 aliphatic heterocycles. The van der Waals surface area contributed by atoms with E-state index in [1.165, 1.54) is 0 Å². The molecule has 0 aromatic carbocycles. The van der Waals surface area contributed by atoms with Crippen molar-refractivity contribution in [3.8, 4) is 0 Å². The molecule has 0 aliphatic rings. The summed E-state index contributed by atoms with van der Waals surface area (Å²) >= 11 is 0. The van der Waals surface area contributed by atoms with Crippen LogP contribution in [0.2, 0.25) is 0 Å². The zero-order valence-electron chi connectivity index (χ0n) is 9.18. The van der Waals surface area contributed by atoms with Gasteiger partial charge in [-0.25, -0.2) is 4.79 Å². The summed E-state index contributed by atoms with van der Waals surface area (Å²) in [5.74, 6) is -2.02. The van der Waals surface area contributed by atoms with Crippen molar-refractivity contribution in [2.45, 2.75) is 33.6 Å². The zero-order valence-corrected chi connectivity index (χ0v) is 10.2. The Morgan fingerprint density at radius 2 is 1.75 bits per heavy atom. The van der Waals surface area contributed by atoms with Gasteiger partial charge in [0.15, 0.2) is 0 Å². The van der Waals surface area contributed by atoms with Crippen molar-refractivity contribution in [2.75, 3.05) is 0 Å². The first-order valence-corrected chi connectivity index (χ1v) is 3.59. The van der Waals surface area contributed by atoms with Gasteiger partial charge in [0, 0.05) is 6.42 Å². The number of aliphatic carboxylic acids is 1. The Hall–Kier alpha value is 0.140. The fourth-order valence-electron chi connectivity index (χ4n) is 0.595. The van der Waals surface area contributed by atoms with Crippen LogP contribution in [0.3, 0.4) is 0 Å². The predicted octanol–water partition coefficient (Wildman–Crippen LogP) is -1.42. The Balaban J connectivity index is -0.000000500. The molecule has 4 heteroatoms. The Morgan fingerprint density at radius 1 is 1.33 bits per heavy atom. The average Bonchev–Trinajstić information content (AvgIpc) is 1.80. The maximum atomic E-state index is 10.6. The van der Waals surface area contributed by atoms with E-state index < -0.39 is 11.8 Å². The summed E-state index contributed by atoms with van der Waals surface area (Å²) in [6.07, 6.45) is 0.761. The second-order valence-corrected chi connectivity index (χ2v) is 3.79. The topological polar surface area (TPSA) is 54.4 Å². The van der Waals surface area contributed by atoms with Crippen molar-refractivity contribution in [1.82, 2.24) is 0 Å². The maximum Gasteiger partial charge on any atom is 1.00 e. The van der Waals surface area contributed by atoms with Crippen LogP contribution >= 0.6 is 0 Å². The summed E-state index contributed by atoms with van der Waals surface area (Å²) < 4.78 is 0. The molecule has 0 saturated carbocycles. The minimum atomic E-state index is -1.32. The summed E-state index contributed by atoms with van der Waals surface area (Å²) in [5, 5.41) is 8.23. The molecule has 1 N–H and O–H groups in total. The Bertz CT molecular complexity index is 175. The monoisotopic (exact) mass is 182 g/mol. The second-order valence-electron chi connectivity index (χ2n) is 3.79. The third-order valence-corrected chi connectivity index (χ3v) is 1.34. The smallest absolute Gasteiger partial charge is 1.00 e. The van der Waals surface area contributed by atoms with E-state index in [2.05, 4.69) is 0 Å². The van der Waals surface area contributed by atoms with Gasteiger partial charge in [0.2, 0.25) is 5.78 Å². The second kappa shape index (κ2) is 5.73. The van der Waals surface area contributed by atoms with Crippen molar-refractivity contribution < 1.29 is 45.7 Å². The first-order valence-electron chi connectivity index (χ1n) is 3.59. The van der Waals surface area contributed by atoms with Crippen LogP contribution < -0.4 is 29.6 Å². The van der Waals surface area contributed by atoms with Gasteiger partial charge >= 0.3 is 35.5 Å². The molecule has 0 fully saturated rings. The molecule has 3 nitrogen and oxygen atoms in total. The first-order chi connectivity index (χ1) is 4.83. The van der Waals surface area contributed by atoms with Gasteiger partial charge in [-0.2, -0.15) is 0 Å². The van der Waals surface area contributed by atoms with E-state index in [-0.39, 0.29) is 42.8 Å². The first kappa shape index (κ1) is 14.7. The molecule has 0 unspecified atom stereocenters. The van der Waals surface area contributed by atoms with Crippen LogP contribution in [-0.2, 0) is 9.59 Å². The van der Waals surface area contributed by atoms with Gasteiger partial charge in [-0.3, -0.25) is 4.79 Å². The van der Waals surface area contributed by atoms with Crippen molar-refractivity contribution >= 4 is 11.8 Å². The quantitative estimate of drug-likeness (QED) is 0.430. The number of Topliss-reactive ketones (excluding diaryl/α,β-unsaturated/α-hetero) is 1. The van der Waals surface area contributed by atoms with Crippen LogP contribution in [0.5, 0.6) is 0 Å². The predicted molar refractivity (Wildman–Crippen MR) is 42.4 cm³/mol. The number of hydrogen-bond acceptors (Lipinski definition) is 2. The van der Waals surface area contributed by atoms with Crippen molar-refractivity contribution in [2.24, 2.45) is 5.41 Å². The minimum absolute atomic E-state index is 0. The normalized spacial score (nSPS) is 10.2. The van der Waals surface area contributed by atoms with Crippen LogP contribution in [-0.4, -0.2) is 16.9 Å². The van der Waals surface area contributed by atoms with E-state index in [9.17, 15) is 9.59 Å². The molecule has 0 aliphatic carbocycles. The molecular formula is C8H15NaO3. The number of carbonyl (C=O) groups is 2. The van der Waals surface area contributed by atoms with E-state index in [1.807, 2.05) is 20.8 Å². The van der Waals surface area contributed by atoms with Crippen LogP contribution in [0, 0.1) is 5.41 Å².